The smallest absolute Gasteiger partial charge is 0.240 e. The lowest BCUT2D eigenvalue weighted by atomic mass is 10.0. The van der Waals surface area contributed by atoms with Gasteiger partial charge in [-0.1, -0.05) is 54.6 Å². The molecule has 0 unspecified atom stereocenters. The third kappa shape index (κ3) is 5.71. The number of ether oxygens (including phenoxy) is 2. The fourth-order valence-corrected chi connectivity index (χ4v) is 4.61. The second-order valence-electron chi connectivity index (χ2n) is 7.73. The Labute approximate surface area is 193 Å². The van der Waals surface area contributed by atoms with E-state index in [1.165, 1.54) is 12.1 Å². The van der Waals surface area contributed by atoms with Gasteiger partial charge in [0, 0.05) is 19.0 Å². The molecule has 1 aliphatic rings. The Kier molecular flexibility index (Phi) is 6.96. The first-order valence-electron chi connectivity index (χ1n) is 10.8. The summed E-state index contributed by atoms with van der Waals surface area (Å²) >= 11 is 0. The molecule has 1 aliphatic heterocycles. The van der Waals surface area contributed by atoms with Crippen LogP contribution in [0.4, 0.5) is 0 Å². The molecule has 1 heterocycles. The number of rotatable bonds is 8. The molecule has 3 aromatic rings. The van der Waals surface area contributed by atoms with Crippen molar-refractivity contribution in [1.29, 1.82) is 0 Å². The standard InChI is InChI=1S/C25H26N2O5S/c1-18(19-7-9-21(10-8-19)20-5-3-2-4-6-20)27-25(28)13-14-26-33(29,30)22-11-12-23-24(17-22)32-16-15-31-23/h2-12,17-18,26H,13-16H2,1H3,(H,27,28)/t18-/m1/s1. The Morgan fingerprint density at radius 3 is 2.30 bits per heavy atom. The Balaban J connectivity index is 1.28. The average molecular weight is 467 g/mol. The molecule has 0 bridgehead atoms. The zero-order valence-electron chi connectivity index (χ0n) is 18.3. The van der Waals surface area contributed by atoms with Crippen molar-refractivity contribution >= 4 is 15.9 Å². The topological polar surface area (TPSA) is 93.7 Å². The summed E-state index contributed by atoms with van der Waals surface area (Å²) in [5, 5.41) is 2.91. The molecule has 3 aromatic carbocycles. The van der Waals surface area contributed by atoms with Crippen molar-refractivity contribution in [2.45, 2.75) is 24.3 Å². The van der Waals surface area contributed by atoms with Gasteiger partial charge in [-0.05, 0) is 35.7 Å². The number of fused-ring (bicyclic) bond motifs is 1. The van der Waals surface area contributed by atoms with Crippen LogP contribution in [0.3, 0.4) is 0 Å². The van der Waals surface area contributed by atoms with E-state index in [1.807, 2.05) is 61.5 Å². The number of hydrogen-bond acceptors (Lipinski definition) is 5. The minimum Gasteiger partial charge on any atom is -0.486 e. The Bertz CT molecular complexity index is 1210. The van der Waals surface area contributed by atoms with Gasteiger partial charge in [-0.2, -0.15) is 0 Å². The van der Waals surface area contributed by atoms with Crippen LogP contribution in [0.2, 0.25) is 0 Å². The molecule has 4 rings (SSSR count). The number of sulfonamides is 1. The molecule has 0 fully saturated rings. The van der Waals surface area contributed by atoms with Crippen LogP contribution in [0.25, 0.3) is 11.1 Å². The van der Waals surface area contributed by atoms with Crippen LogP contribution in [0.15, 0.2) is 77.7 Å². The summed E-state index contributed by atoms with van der Waals surface area (Å²) in [7, 11) is -3.77. The van der Waals surface area contributed by atoms with E-state index in [0.717, 1.165) is 16.7 Å². The van der Waals surface area contributed by atoms with Crippen molar-refractivity contribution in [3.05, 3.63) is 78.4 Å². The molecule has 0 spiro atoms. The second kappa shape index (κ2) is 10.1. The lowest BCUT2D eigenvalue weighted by molar-refractivity contribution is -0.121. The maximum atomic E-state index is 12.6. The van der Waals surface area contributed by atoms with Gasteiger partial charge in [-0.25, -0.2) is 13.1 Å². The summed E-state index contributed by atoms with van der Waals surface area (Å²) in [4.78, 5) is 12.4. The first kappa shape index (κ1) is 22.8. The number of benzene rings is 3. The quantitative estimate of drug-likeness (QED) is 0.528. The molecule has 2 N–H and O–H groups in total. The van der Waals surface area contributed by atoms with Crippen molar-refractivity contribution in [1.82, 2.24) is 10.0 Å². The molecular weight excluding hydrogens is 440 g/mol. The summed E-state index contributed by atoms with van der Waals surface area (Å²) in [5.41, 5.74) is 3.21. The van der Waals surface area contributed by atoms with E-state index in [1.54, 1.807) is 6.07 Å². The predicted molar refractivity (Wildman–Crippen MR) is 126 cm³/mol. The van der Waals surface area contributed by atoms with Crippen molar-refractivity contribution in [2.24, 2.45) is 0 Å². The normalized spacial score (nSPS) is 13.8. The SMILES string of the molecule is C[C@@H](NC(=O)CCNS(=O)(=O)c1ccc2c(c1)OCCO2)c1ccc(-c2ccccc2)cc1. The molecular formula is C25H26N2O5S. The van der Waals surface area contributed by atoms with Crippen molar-refractivity contribution in [2.75, 3.05) is 19.8 Å². The van der Waals surface area contributed by atoms with E-state index in [0.29, 0.717) is 24.7 Å². The number of hydrogen-bond donors (Lipinski definition) is 2. The van der Waals surface area contributed by atoms with Gasteiger partial charge in [-0.3, -0.25) is 4.79 Å². The minimum atomic E-state index is -3.77. The molecule has 33 heavy (non-hydrogen) atoms. The highest BCUT2D eigenvalue weighted by molar-refractivity contribution is 7.89. The first-order valence-corrected chi connectivity index (χ1v) is 12.2. The Morgan fingerprint density at radius 1 is 0.909 bits per heavy atom. The van der Waals surface area contributed by atoms with E-state index in [9.17, 15) is 13.2 Å². The van der Waals surface area contributed by atoms with E-state index in [4.69, 9.17) is 9.47 Å². The van der Waals surface area contributed by atoms with Gasteiger partial charge in [0.1, 0.15) is 13.2 Å². The molecule has 0 saturated heterocycles. The van der Waals surface area contributed by atoms with Crippen LogP contribution in [0, 0.1) is 0 Å². The highest BCUT2D eigenvalue weighted by Gasteiger charge is 2.19. The maximum absolute atomic E-state index is 12.6. The second-order valence-corrected chi connectivity index (χ2v) is 9.50. The summed E-state index contributed by atoms with van der Waals surface area (Å²) in [5.74, 6) is 0.679. The molecule has 0 saturated carbocycles. The largest absolute Gasteiger partial charge is 0.486 e. The third-order valence-corrected chi connectivity index (χ3v) is 6.82. The monoisotopic (exact) mass is 466 g/mol. The molecule has 0 aromatic heterocycles. The highest BCUT2D eigenvalue weighted by Crippen LogP contribution is 2.32. The maximum Gasteiger partial charge on any atom is 0.240 e. The van der Waals surface area contributed by atoms with Gasteiger partial charge < -0.3 is 14.8 Å². The van der Waals surface area contributed by atoms with Crippen molar-refractivity contribution < 1.29 is 22.7 Å². The van der Waals surface area contributed by atoms with E-state index < -0.39 is 10.0 Å². The molecule has 1 amide bonds. The molecule has 0 aliphatic carbocycles. The molecule has 7 nitrogen and oxygen atoms in total. The zero-order chi connectivity index (χ0) is 23.3. The Morgan fingerprint density at radius 2 is 1.58 bits per heavy atom. The van der Waals surface area contributed by atoms with E-state index in [2.05, 4.69) is 10.0 Å². The third-order valence-electron chi connectivity index (χ3n) is 5.36. The van der Waals surface area contributed by atoms with Crippen molar-refractivity contribution in [3.63, 3.8) is 0 Å². The fraction of sp³-hybridized carbons (Fsp3) is 0.240. The number of amides is 1. The van der Waals surface area contributed by atoms with Gasteiger partial charge in [0.25, 0.3) is 0 Å². The number of carbonyl (C=O) groups is 1. The van der Waals surface area contributed by atoms with Gasteiger partial charge in [0.2, 0.25) is 15.9 Å². The molecule has 8 heteroatoms. The van der Waals surface area contributed by atoms with Gasteiger partial charge >= 0.3 is 0 Å². The summed E-state index contributed by atoms with van der Waals surface area (Å²) in [6, 6.07) is 22.3. The van der Waals surface area contributed by atoms with Crippen LogP contribution in [-0.2, 0) is 14.8 Å². The van der Waals surface area contributed by atoms with Crippen LogP contribution in [-0.4, -0.2) is 34.1 Å². The van der Waals surface area contributed by atoms with Crippen LogP contribution in [0.1, 0.15) is 24.9 Å². The fourth-order valence-electron chi connectivity index (χ4n) is 3.56. The Hall–Kier alpha value is -3.36. The number of nitrogens with one attached hydrogen (secondary N) is 2. The summed E-state index contributed by atoms with van der Waals surface area (Å²) < 4.78 is 38.4. The first-order chi connectivity index (χ1) is 15.9. The number of carbonyl (C=O) groups excluding carboxylic acids is 1. The molecule has 0 radical (unpaired) electrons. The van der Waals surface area contributed by atoms with E-state index in [-0.39, 0.29) is 29.8 Å². The molecule has 1 atom stereocenters. The van der Waals surface area contributed by atoms with Gasteiger partial charge in [-0.15, -0.1) is 0 Å². The lowest BCUT2D eigenvalue weighted by Gasteiger charge is -2.19. The molecule has 172 valence electrons. The minimum absolute atomic E-state index is 0.0116. The van der Waals surface area contributed by atoms with Crippen molar-refractivity contribution in [3.8, 4) is 22.6 Å². The average Bonchev–Trinajstić information content (AvgIpc) is 2.84. The predicted octanol–water partition coefficient (Wildman–Crippen LogP) is 3.67. The van der Waals surface area contributed by atoms with Crippen LogP contribution in [0.5, 0.6) is 11.5 Å². The van der Waals surface area contributed by atoms with Crippen LogP contribution < -0.4 is 19.5 Å². The van der Waals surface area contributed by atoms with E-state index >= 15 is 0 Å². The van der Waals surface area contributed by atoms with Gasteiger partial charge in [0.15, 0.2) is 11.5 Å². The summed E-state index contributed by atoms with van der Waals surface area (Å²) in [6.45, 7) is 2.69. The summed E-state index contributed by atoms with van der Waals surface area (Å²) in [6.07, 6.45) is 0.0240. The van der Waals surface area contributed by atoms with Gasteiger partial charge in [0.05, 0.1) is 10.9 Å². The highest BCUT2D eigenvalue weighted by atomic mass is 32.2. The lowest BCUT2D eigenvalue weighted by Crippen LogP contribution is -2.32. The zero-order valence-corrected chi connectivity index (χ0v) is 19.1. The van der Waals surface area contributed by atoms with Crippen LogP contribution >= 0.6 is 0 Å².